The Hall–Kier alpha value is -3.08. The monoisotopic (exact) mass is 349 g/mol. The van der Waals surface area contributed by atoms with Crippen molar-refractivity contribution in [3.8, 4) is 11.4 Å². The molecule has 26 heavy (non-hydrogen) atoms. The highest BCUT2D eigenvalue weighted by Gasteiger charge is 2.21. The average molecular weight is 349 g/mol. The van der Waals surface area contributed by atoms with Gasteiger partial charge in [0.15, 0.2) is 0 Å². The van der Waals surface area contributed by atoms with Crippen LogP contribution in [0.25, 0.3) is 5.69 Å². The number of methoxy groups -OCH3 is 1. The van der Waals surface area contributed by atoms with E-state index < -0.39 is 0 Å². The molecule has 1 amide bonds. The molecule has 5 nitrogen and oxygen atoms in total. The first-order valence-electron chi connectivity index (χ1n) is 8.50. The van der Waals surface area contributed by atoms with Crippen LogP contribution in [-0.4, -0.2) is 22.8 Å². The first kappa shape index (κ1) is 17.7. The summed E-state index contributed by atoms with van der Waals surface area (Å²) >= 11 is 0. The van der Waals surface area contributed by atoms with Crippen LogP contribution < -0.4 is 10.1 Å². The number of carbonyl (C=O) groups is 1. The van der Waals surface area contributed by atoms with Crippen LogP contribution in [0.15, 0.2) is 60.7 Å². The van der Waals surface area contributed by atoms with Gasteiger partial charge in [-0.3, -0.25) is 4.79 Å². The van der Waals surface area contributed by atoms with Crippen molar-refractivity contribution in [2.75, 3.05) is 12.4 Å². The lowest BCUT2D eigenvalue weighted by Crippen LogP contribution is -2.15. The minimum atomic E-state index is -0.166. The van der Waals surface area contributed by atoms with E-state index in [1.807, 2.05) is 48.5 Å². The highest BCUT2D eigenvalue weighted by Crippen LogP contribution is 2.27. The maximum atomic E-state index is 12.6. The Morgan fingerprint density at radius 1 is 1.04 bits per heavy atom. The molecule has 0 spiro atoms. The number of ether oxygens (including phenoxy) is 1. The number of amides is 1. The molecule has 0 atom stereocenters. The maximum absolute atomic E-state index is 12.6. The average Bonchev–Trinajstić information content (AvgIpc) is 3.06. The fourth-order valence-electron chi connectivity index (χ4n) is 2.53. The zero-order chi connectivity index (χ0) is 18.7. The quantitative estimate of drug-likeness (QED) is 0.758. The molecule has 0 aliphatic rings. The van der Waals surface area contributed by atoms with Crippen molar-refractivity contribution in [3.05, 3.63) is 71.9 Å². The van der Waals surface area contributed by atoms with Crippen LogP contribution in [0.4, 0.5) is 5.82 Å². The number of nitrogens with zero attached hydrogens (tertiary/aromatic N) is 2. The number of benzene rings is 2. The van der Waals surface area contributed by atoms with Crippen LogP contribution in [0.3, 0.4) is 0 Å². The van der Waals surface area contributed by atoms with Crippen molar-refractivity contribution < 1.29 is 9.53 Å². The molecular weight excluding hydrogens is 326 g/mol. The third kappa shape index (κ3) is 3.77. The Morgan fingerprint density at radius 2 is 1.69 bits per heavy atom. The summed E-state index contributed by atoms with van der Waals surface area (Å²) in [5, 5.41) is 7.69. The molecule has 0 unspecified atom stereocenters. The lowest BCUT2D eigenvalue weighted by atomic mass is 9.92. The van der Waals surface area contributed by atoms with Gasteiger partial charge in [0.2, 0.25) is 0 Å². The number of anilines is 1. The topological polar surface area (TPSA) is 56.1 Å². The molecule has 0 aliphatic heterocycles. The molecule has 0 radical (unpaired) electrons. The standard InChI is InChI=1S/C21H23N3O2/c1-21(2,3)18-14-19(22-20(25)15-8-6-5-7-9-15)24(23-18)16-10-12-17(26-4)13-11-16/h5-14H,1-4H3,(H,22,25). The van der Waals surface area contributed by atoms with Gasteiger partial charge < -0.3 is 10.1 Å². The summed E-state index contributed by atoms with van der Waals surface area (Å²) in [6, 6.07) is 18.6. The Kier molecular flexibility index (Phi) is 4.80. The summed E-state index contributed by atoms with van der Waals surface area (Å²) in [4.78, 5) is 12.6. The second kappa shape index (κ2) is 7.04. The van der Waals surface area contributed by atoms with Crippen LogP contribution >= 0.6 is 0 Å². The van der Waals surface area contributed by atoms with E-state index in [0.29, 0.717) is 11.4 Å². The molecule has 134 valence electrons. The molecule has 0 saturated heterocycles. The molecule has 0 bridgehead atoms. The third-order valence-electron chi connectivity index (χ3n) is 4.07. The predicted molar refractivity (Wildman–Crippen MR) is 103 cm³/mol. The highest BCUT2D eigenvalue weighted by molar-refractivity contribution is 6.03. The van der Waals surface area contributed by atoms with E-state index in [9.17, 15) is 4.79 Å². The molecule has 3 aromatic rings. The van der Waals surface area contributed by atoms with Gasteiger partial charge in [-0.2, -0.15) is 5.10 Å². The second-order valence-corrected chi connectivity index (χ2v) is 7.09. The van der Waals surface area contributed by atoms with Crippen molar-refractivity contribution in [2.24, 2.45) is 0 Å². The van der Waals surface area contributed by atoms with Crippen molar-refractivity contribution >= 4 is 11.7 Å². The maximum Gasteiger partial charge on any atom is 0.256 e. The number of hydrogen-bond acceptors (Lipinski definition) is 3. The number of aromatic nitrogens is 2. The van der Waals surface area contributed by atoms with E-state index in [-0.39, 0.29) is 11.3 Å². The predicted octanol–water partition coefficient (Wildman–Crippen LogP) is 4.43. The molecule has 0 fully saturated rings. The zero-order valence-corrected chi connectivity index (χ0v) is 15.5. The molecule has 0 aliphatic carbocycles. The van der Waals surface area contributed by atoms with Crippen LogP contribution in [0.2, 0.25) is 0 Å². The normalized spacial score (nSPS) is 11.2. The minimum Gasteiger partial charge on any atom is -0.497 e. The van der Waals surface area contributed by atoms with Gasteiger partial charge in [-0.1, -0.05) is 39.0 Å². The summed E-state index contributed by atoms with van der Waals surface area (Å²) < 4.78 is 6.97. The molecule has 1 aromatic heterocycles. The summed E-state index contributed by atoms with van der Waals surface area (Å²) in [5.74, 6) is 1.24. The van der Waals surface area contributed by atoms with Gasteiger partial charge in [0.25, 0.3) is 5.91 Å². The fraction of sp³-hybridized carbons (Fsp3) is 0.238. The van der Waals surface area contributed by atoms with Gasteiger partial charge in [-0.05, 0) is 36.4 Å². The van der Waals surface area contributed by atoms with Gasteiger partial charge in [0.1, 0.15) is 11.6 Å². The van der Waals surface area contributed by atoms with Gasteiger partial charge in [-0.15, -0.1) is 0 Å². The molecule has 2 aromatic carbocycles. The first-order valence-corrected chi connectivity index (χ1v) is 8.50. The largest absolute Gasteiger partial charge is 0.497 e. The fourth-order valence-corrected chi connectivity index (χ4v) is 2.53. The van der Waals surface area contributed by atoms with Crippen LogP contribution in [0.5, 0.6) is 5.75 Å². The number of hydrogen-bond donors (Lipinski definition) is 1. The summed E-state index contributed by atoms with van der Waals surface area (Å²) in [6.07, 6.45) is 0. The number of carbonyl (C=O) groups excluding carboxylic acids is 1. The molecule has 0 saturated carbocycles. The van der Waals surface area contributed by atoms with Crippen molar-refractivity contribution in [1.82, 2.24) is 9.78 Å². The van der Waals surface area contributed by atoms with E-state index in [1.165, 1.54) is 0 Å². The van der Waals surface area contributed by atoms with Gasteiger partial charge in [0.05, 0.1) is 18.5 Å². The van der Waals surface area contributed by atoms with Gasteiger partial charge in [-0.25, -0.2) is 4.68 Å². The van der Waals surface area contributed by atoms with Crippen LogP contribution in [0, 0.1) is 0 Å². The molecule has 1 heterocycles. The minimum absolute atomic E-state index is 0.135. The van der Waals surface area contributed by atoms with Gasteiger partial charge in [0, 0.05) is 17.0 Å². The Bertz CT molecular complexity index is 891. The lowest BCUT2D eigenvalue weighted by Gasteiger charge is -2.14. The Balaban J connectivity index is 1.99. The lowest BCUT2D eigenvalue weighted by molar-refractivity contribution is 0.102. The summed E-state index contributed by atoms with van der Waals surface area (Å²) in [7, 11) is 1.63. The number of rotatable bonds is 4. The van der Waals surface area contributed by atoms with Crippen LogP contribution in [0.1, 0.15) is 36.8 Å². The summed E-state index contributed by atoms with van der Waals surface area (Å²) in [5.41, 5.74) is 2.22. The van der Waals surface area contributed by atoms with Crippen molar-refractivity contribution in [1.29, 1.82) is 0 Å². The molecular formula is C21H23N3O2. The van der Waals surface area contributed by atoms with E-state index in [2.05, 4.69) is 26.1 Å². The third-order valence-corrected chi connectivity index (χ3v) is 4.07. The van der Waals surface area contributed by atoms with Crippen molar-refractivity contribution in [2.45, 2.75) is 26.2 Å². The second-order valence-electron chi connectivity index (χ2n) is 7.09. The zero-order valence-electron chi connectivity index (χ0n) is 15.5. The number of nitrogens with one attached hydrogen (secondary N) is 1. The van der Waals surface area contributed by atoms with E-state index in [0.717, 1.165) is 17.1 Å². The highest BCUT2D eigenvalue weighted by atomic mass is 16.5. The Labute approximate surface area is 153 Å². The summed E-state index contributed by atoms with van der Waals surface area (Å²) in [6.45, 7) is 6.28. The van der Waals surface area contributed by atoms with E-state index in [1.54, 1.807) is 23.9 Å². The molecule has 1 N–H and O–H groups in total. The van der Waals surface area contributed by atoms with E-state index in [4.69, 9.17) is 9.84 Å². The first-order chi connectivity index (χ1) is 12.4. The van der Waals surface area contributed by atoms with Gasteiger partial charge >= 0.3 is 0 Å². The molecule has 3 rings (SSSR count). The van der Waals surface area contributed by atoms with E-state index >= 15 is 0 Å². The Morgan fingerprint density at radius 3 is 2.27 bits per heavy atom. The SMILES string of the molecule is COc1ccc(-n2nc(C(C)(C)C)cc2NC(=O)c2ccccc2)cc1. The molecule has 5 heteroatoms. The van der Waals surface area contributed by atoms with Crippen molar-refractivity contribution in [3.63, 3.8) is 0 Å². The smallest absolute Gasteiger partial charge is 0.256 e. The van der Waals surface area contributed by atoms with Crippen LogP contribution in [-0.2, 0) is 5.41 Å².